The van der Waals surface area contributed by atoms with Gasteiger partial charge in [-0.25, -0.2) is 4.79 Å². The quantitative estimate of drug-likeness (QED) is 0.891. The van der Waals surface area contributed by atoms with Crippen LogP contribution in [0.3, 0.4) is 0 Å². The smallest absolute Gasteiger partial charge is 0.407 e. The molecule has 2 aromatic rings. The summed E-state index contributed by atoms with van der Waals surface area (Å²) in [6, 6.07) is 5.58. The number of carbonyl (C=O) groups excluding carboxylic acids is 1. The van der Waals surface area contributed by atoms with E-state index in [1.54, 1.807) is 18.3 Å². The number of phenols is 1. The number of methoxy groups -OCH3 is 1. The van der Waals surface area contributed by atoms with Crippen LogP contribution >= 0.6 is 11.6 Å². The Balaban J connectivity index is 1.68. The summed E-state index contributed by atoms with van der Waals surface area (Å²) >= 11 is 6.32. The number of nitrogens with zero attached hydrogens (tertiary/aromatic N) is 2. The summed E-state index contributed by atoms with van der Waals surface area (Å²) < 4.78 is 4.63. The maximum absolute atomic E-state index is 11.3. The van der Waals surface area contributed by atoms with E-state index in [1.165, 1.54) is 7.11 Å². The molecule has 1 fully saturated rings. The van der Waals surface area contributed by atoms with Gasteiger partial charge in [-0.2, -0.15) is 0 Å². The summed E-state index contributed by atoms with van der Waals surface area (Å²) in [5, 5.41) is 14.7. The fraction of sp³-hybridized carbons (Fsp3) is 0.412. The monoisotopic (exact) mass is 349 g/mol. The maximum atomic E-state index is 11.3. The number of piperidine rings is 1. The number of fused-ring (bicyclic) bond motifs is 1. The average Bonchev–Trinajstić information content (AvgIpc) is 2.61. The highest BCUT2D eigenvalue weighted by Gasteiger charge is 2.22. The van der Waals surface area contributed by atoms with E-state index in [9.17, 15) is 9.90 Å². The highest BCUT2D eigenvalue weighted by atomic mass is 35.5. The standard InChI is InChI=1S/C17H20ClN3O3/c1-24-17(23)20-12-4-7-21(8-5-12)10-11-9-14(18)13-3-2-6-19-15(13)16(11)22/h2-3,6,9,12,22H,4-5,7-8,10H2,1H3,(H,20,23). The molecule has 1 aromatic carbocycles. The van der Waals surface area contributed by atoms with Crippen LogP contribution in [0.4, 0.5) is 4.79 Å². The van der Waals surface area contributed by atoms with E-state index in [0.717, 1.165) is 36.9 Å². The molecule has 6 nitrogen and oxygen atoms in total. The lowest BCUT2D eigenvalue weighted by atomic mass is 10.0. The number of hydrogen-bond donors (Lipinski definition) is 2. The van der Waals surface area contributed by atoms with E-state index in [-0.39, 0.29) is 11.8 Å². The van der Waals surface area contributed by atoms with E-state index in [1.807, 2.05) is 6.07 Å². The van der Waals surface area contributed by atoms with E-state index >= 15 is 0 Å². The highest BCUT2D eigenvalue weighted by molar-refractivity contribution is 6.35. The Kier molecular flexibility index (Phi) is 5.06. The SMILES string of the molecule is COC(=O)NC1CCN(Cc2cc(Cl)c3cccnc3c2O)CC1. The van der Waals surface area contributed by atoms with Crippen molar-refractivity contribution in [3.63, 3.8) is 0 Å². The van der Waals surface area contributed by atoms with Gasteiger partial charge in [-0.3, -0.25) is 9.88 Å². The summed E-state index contributed by atoms with van der Waals surface area (Å²) in [6.07, 6.45) is 2.94. The highest BCUT2D eigenvalue weighted by Crippen LogP contribution is 2.33. The van der Waals surface area contributed by atoms with Crippen LogP contribution in [0.25, 0.3) is 10.9 Å². The minimum atomic E-state index is -0.390. The Morgan fingerprint density at radius 2 is 2.25 bits per heavy atom. The van der Waals surface area contributed by atoms with E-state index < -0.39 is 6.09 Å². The van der Waals surface area contributed by atoms with Gasteiger partial charge >= 0.3 is 6.09 Å². The number of hydrogen-bond acceptors (Lipinski definition) is 5. The van der Waals surface area contributed by atoms with Crippen molar-refractivity contribution in [2.75, 3.05) is 20.2 Å². The topological polar surface area (TPSA) is 74.7 Å². The van der Waals surface area contributed by atoms with Gasteiger partial charge in [-0.15, -0.1) is 0 Å². The first-order valence-electron chi connectivity index (χ1n) is 7.90. The number of alkyl carbamates (subject to hydrolysis) is 1. The first-order valence-corrected chi connectivity index (χ1v) is 8.28. The second-order valence-corrected chi connectivity index (χ2v) is 6.36. The molecule has 0 atom stereocenters. The predicted molar refractivity (Wildman–Crippen MR) is 92.3 cm³/mol. The number of likely N-dealkylation sites (tertiary alicyclic amines) is 1. The van der Waals surface area contributed by atoms with Crippen LogP contribution < -0.4 is 5.32 Å². The van der Waals surface area contributed by atoms with Crippen molar-refractivity contribution < 1.29 is 14.6 Å². The van der Waals surface area contributed by atoms with Crippen LogP contribution in [-0.2, 0) is 11.3 Å². The summed E-state index contributed by atoms with van der Waals surface area (Å²) in [5.74, 6) is 0.185. The number of phenolic OH excluding ortho intramolecular Hbond substituents is 1. The second-order valence-electron chi connectivity index (χ2n) is 5.95. The zero-order chi connectivity index (χ0) is 17.1. The molecule has 7 heteroatoms. The zero-order valence-electron chi connectivity index (χ0n) is 13.5. The fourth-order valence-corrected chi connectivity index (χ4v) is 3.34. The number of amides is 1. The number of carbonyl (C=O) groups is 1. The molecule has 0 radical (unpaired) electrons. The average molecular weight is 350 g/mol. The fourth-order valence-electron chi connectivity index (χ4n) is 3.06. The molecule has 3 rings (SSSR count). The molecule has 1 saturated heterocycles. The normalized spacial score (nSPS) is 16.2. The first kappa shape index (κ1) is 16.8. The van der Waals surface area contributed by atoms with Gasteiger partial charge in [0.2, 0.25) is 0 Å². The Labute approximate surface area is 145 Å². The van der Waals surface area contributed by atoms with Gasteiger partial charge in [0.25, 0.3) is 0 Å². The molecule has 2 heterocycles. The van der Waals surface area contributed by atoms with Crippen molar-refractivity contribution in [1.82, 2.24) is 15.2 Å². The largest absolute Gasteiger partial charge is 0.505 e. The molecule has 0 spiro atoms. The van der Waals surface area contributed by atoms with Gasteiger partial charge in [0.1, 0.15) is 11.3 Å². The van der Waals surface area contributed by atoms with Gasteiger partial charge in [0, 0.05) is 42.8 Å². The molecule has 1 aliphatic heterocycles. The van der Waals surface area contributed by atoms with E-state index in [0.29, 0.717) is 17.1 Å². The summed E-state index contributed by atoms with van der Waals surface area (Å²) in [7, 11) is 1.37. The second kappa shape index (κ2) is 7.23. The third-order valence-corrected chi connectivity index (χ3v) is 4.70. The van der Waals surface area contributed by atoms with Crippen LogP contribution in [0, 0.1) is 0 Å². The molecular formula is C17H20ClN3O3. The Morgan fingerprint density at radius 1 is 1.50 bits per heavy atom. The van der Waals surface area contributed by atoms with E-state index in [4.69, 9.17) is 11.6 Å². The summed E-state index contributed by atoms with van der Waals surface area (Å²) in [4.78, 5) is 17.7. The lowest BCUT2D eigenvalue weighted by molar-refractivity contribution is 0.149. The van der Waals surface area contributed by atoms with Crippen molar-refractivity contribution in [2.24, 2.45) is 0 Å². The Hall–Kier alpha value is -2.05. The van der Waals surface area contributed by atoms with Crippen LogP contribution in [-0.4, -0.2) is 47.3 Å². The van der Waals surface area contributed by atoms with Crippen molar-refractivity contribution in [3.05, 3.63) is 35.0 Å². The van der Waals surface area contributed by atoms with Gasteiger partial charge < -0.3 is 15.2 Å². The van der Waals surface area contributed by atoms with Gasteiger partial charge in [0.05, 0.1) is 12.1 Å². The first-order chi connectivity index (χ1) is 11.6. The minimum absolute atomic E-state index is 0.129. The number of ether oxygens (including phenoxy) is 1. The predicted octanol–water partition coefficient (Wildman–Crippen LogP) is 2.91. The van der Waals surface area contributed by atoms with Crippen molar-refractivity contribution in [1.29, 1.82) is 0 Å². The number of aromatic hydroxyl groups is 1. The van der Waals surface area contributed by atoms with Crippen molar-refractivity contribution in [3.8, 4) is 5.75 Å². The molecule has 1 amide bonds. The molecule has 0 aliphatic carbocycles. The molecule has 24 heavy (non-hydrogen) atoms. The molecule has 2 N–H and O–H groups in total. The lowest BCUT2D eigenvalue weighted by Gasteiger charge is -2.32. The molecule has 128 valence electrons. The van der Waals surface area contributed by atoms with Crippen LogP contribution in [0.15, 0.2) is 24.4 Å². The maximum Gasteiger partial charge on any atom is 0.407 e. The minimum Gasteiger partial charge on any atom is -0.505 e. The van der Waals surface area contributed by atoms with Crippen LogP contribution in [0.5, 0.6) is 5.75 Å². The van der Waals surface area contributed by atoms with Crippen LogP contribution in [0.2, 0.25) is 5.02 Å². The molecule has 0 bridgehead atoms. The number of benzene rings is 1. The summed E-state index contributed by atoms with van der Waals surface area (Å²) in [6.45, 7) is 2.25. The number of pyridine rings is 1. The van der Waals surface area contributed by atoms with Crippen molar-refractivity contribution in [2.45, 2.75) is 25.4 Å². The number of rotatable bonds is 3. The van der Waals surface area contributed by atoms with Crippen LogP contribution in [0.1, 0.15) is 18.4 Å². The Bertz CT molecular complexity index is 745. The number of nitrogens with one attached hydrogen (secondary N) is 1. The van der Waals surface area contributed by atoms with Gasteiger partial charge in [-0.1, -0.05) is 11.6 Å². The Morgan fingerprint density at radius 3 is 2.96 bits per heavy atom. The van der Waals surface area contributed by atoms with Gasteiger partial charge in [-0.05, 0) is 31.0 Å². The zero-order valence-corrected chi connectivity index (χ0v) is 14.2. The molecule has 1 aromatic heterocycles. The molecule has 0 unspecified atom stereocenters. The lowest BCUT2D eigenvalue weighted by Crippen LogP contribution is -2.44. The summed E-state index contributed by atoms with van der Waals surface area (Å²) in [5.41, 5.74) is 1.30. The molecular weight excluding hydrogens is 330 g/mol. The third-order valence-electron chi connectivity index (χ3n) is 4.38. The number of aromatic nitrogens is 1. The molecule has 1 aliphatic rings. The molecule has 0 saturated carbocycles. The van der Waals surface area contributed by atoms with Gasteiger partial charge in [0.15, 0.2) is 0 Å². The third kappa shape index (κ3) is 3.55. The van der Waals surface area contributed by atoms with E-state index in [2.05, 4.69) is 19.9 Å². The van der Waals surface area contributed by atoms with Crippen molar-refractivity contribution >= 4 is 28.6 Å². The number of halogens is 1.